The molecule has 3 aromatic rings. The lowest BCUT2D eigenvalue weighted by Gasteiger charge is -2.18. The van der Waals surface area contributed by atoms with Crippen LogP contribution in [0.25, 0.3) is 22.6 Å². The summed E-state index contributed by atoms with van der Waals surface area (Å²) in [7, 11) is 0. The molecule has 1 aromatic heterocycles. The van der Waals surface area contributed by atoms with E-state index in [0.29, 0.717) is 11.5 Å². The fraction of sp³-hybridized carbons (Fsp3) is 0.350. The molecule has 0 amide bonds. The molecule has 0 aliphatic heterocycles. The number of hydrogen-bond acceptors (Lipinski definition) is 5. The van der Waals surface area contributed by atoms with Crippen molar-refractivity contribution in [3.63, 3.8) is 0 Å². The van der Waals surface area contributed by atoms with Crippen molar-refractivity contribution in [3.8, 4) is 11.5 Å². The molecule has 1 atom stereocenters. The van der Waals surface area contributed by atoms with Gasteiger partial charge in [-0.1, -0.05) is 32.9 Å². The number of fused-ring (bicyclic) bond motifs is 1. The minimum Gasteiger partial charge on any atom is -0.436 e. The molecular weight excluding hydrogens is 316 g/mol. The molecule has 3 rings (SSSR count). The second kappa shape index (κ2) is 6.86. The van der Waals surface area contributed by atoms with Crippen LogP contribution in [0, 0.1) is 0 Å². The van der Waals surface area contributed by atoms with Crippen LogP contribution in [0.3, 0.4) is 0 Å². The minimum absolute atomic E-state index is 0.111. The fourth-order valence-electron chi connectivity index (χ4n) is 2.57. The van der Waals surface area contributed by atoms with E-state index in [9.17, 15) is 5.11 Å². The first-order valence-electron chi connectivity index (χ1n) is 8.41. The van der Waals surface area contributed by atoms with Crippen LogP contribution in [-0.2, 0) is 5.41 Å². The highest BCUT2D eigenvalue weighted by Crippen LogP contribution is 2.29. The Bertz CT molecular complexity index is 847. The second-order valence-corrected chi connectivity index (χ2v) is 7.25. The van der Waals surface area contributed by atoms with E-state index in [2.05, 4.69) is 43.2 Å². The Hall–Kier alpha value is -2.37. The van der Waals surface area contributed by atoms with Crippen molar-refractivity contribution >= 4 is 16.8 Å². The third-order valence-corrected chi connectivity index (χ3v) is 4.14. The van der Waals surface area contributed by atoms with Crippen molar-refractivity contribution < 1.29 is 14.6 Å². The molecule has 0 saturated carbocycles. The number of oxazole rings is 1. The van der Waals surface area contributed by atoms with Crippen molar-refractivity contribution in [2.24, 2.45) is 0 Å². The predicted octanol–water partition coefficient (Wildman–Crippen LogP) is 3.56. The number of nitrogens with one attached hydrogen (secondary N) is 1. The maximum absolute atomic E-state index is 9.42. The molecule has 0 spiro atoms. The van der Waals surface area contributed by atoms with Crippen molar-refractivity contribution in [1.82, 2.24) is 4.98 Å². The van der Waals surface area contributed by atoms with Crippen LogP contribution in [0.15, 0.2) is 46.9 Å². The van der Waals surface area contributed by atoms with Gasteiger partial charge >= 0.3 is 0 Å². The number of hydrogen-bond donors (Lipinski definition) is 3. The molecular formula is C20H24N2O3. The van der Waals surface area contributed by atoms with Gasteiger partial charge in [0.15, 0.2) is 5.58 Å². The topological polar surface area (TPSA) is 78.5 Å². The molecule has 5 nitrogen and oxygen atoms in total. The van der Waals surface area contributed by atoms with Crippen LogP contribution in [0.5, 0.6) is 0 Å². The summed E-state index contributed by atoms with van der Waals surface area (Å²) >= 11 is 0. The average molecular weight is 340 g/mol. The van der Waals surface area contributed by atoms with E-state index in [-0.39, 0.29) is 18.6 Å². The number of aliphatic hydroxyl groups is 2. The highest BCUT2D eigenvalue weighted by Gasteiger charge is 2.14. The monoisotopic (exact) mass is 340 g/mol. The van der Waals surface area contributed by atoms with Crippen LogP contribution in [0.4, 0.5) is 5.69 Å². The van der Waals surface area contributed by atoms with Crippen LogP contribution >= 0.6 is 0 Å². The summed E-state index contributed by atoms with van der Waals surface area (Å²) in [6.07, 6.45) is -0.790. The molecule has 0 aliphatic carbocycles. The Balaban J connectivity index is 1.83. The first-order valence-corrected chi connectivity index (χ1v) is 8.41. The molecule has 1 unspecified atom stereocenters. The Kier molecular flexibility index (Phi) is 4.79. The van der Waals surface area contributed by atoms with E-state index in [1.165, 1.54) is 5.56 Å². The maximum Gasteiger partial charge on any atom is 0.227 e. The molecule has 0 bridgehead atoms. The van der Waals surface area contributed by atoms with Crippen LogP contribution in [0.2, 0.25) is 0 Å². The molecule has 1 heterocycles. The Labute approximate surface area is 147 Å². The van der Waals surface area contributed by atoms with E-state index in [1.807, 2.05) is 30.3 Å². The van der Waals surface area contributed by atoms with Crippen LogP contribution < -0.4 is 5.32 Å². The summed E-state index contributed by atoms with van der Waals surface area (Å²) in [4.78, 5) is 4.54. The fourth-order valence-corrected chi connectivity index (χ4v) is 2.57. The molecule has 0 fully saturated rings. The molecule has 0 saturated heterocycles. The number of anilines is 1. The summed E-state index contributed by atoms with van der Waals surface area (Å²) in [6.45, 7) is 6.56. The highest BCUT2D eigenvalue weighted by atomic mass is 16.3. The van der Waals surface area contributed by atoms with Gasteiger partial charge in [0.05, 0.1) is 12.7 Å². The molecule has 5 heteroatoms. The number of aliphatic hydroxyl groups excluding tert-OH is 2. The Morgan fingerprint density at radius 3 is 2.48 bits per heavy atom. The first-order chi connectivity index (χ1) is 11.9. The highest BCUT2D eigenvalue weighted by molar-refractivity contribution is 5.79. The molecule has 2 aromatic carbocycles. The summed E-state index contributed by atoms with van der Waals surface area (Å²) in [5.41, 5.74) is 4.59. The first kappa shape index (κ1) is 17.5. The Morgan fingerprint density at radius 1 is 1.12 bits per heavy atom. The zero-order valence-electron chi connectivity index (χ0n) is 14.8. The normalized spacial score (nSPS) is 13.2. The zero-order chi connectivity index (χ0) is 18.0. The summed E-state index contributed by atoms with van der Waals surface area (Å²) < 4.78 is 5.89. The average Bonchev–Trinajstić information content (AvgIpc) is 3.02. The summed E-state index contributed by atoms with van der Waals surface area (Å²) in [6, 6.07) is 13.9. The van der Waals surface area contributed by atoms with Gasteiger partial charge in [0, 0.05) is 23.9 Å². The molecule has 132 valence electrons. The van der Waals surface area contributed by atoms with Crippen molar-refractivity contribution in [2.45, 2.75) is 32.3 Å². The zero-order valence-corrected chi connectivity index (χ0v) is 14.8. The lowest BCUT2D eigenvalue weighted by molar-refractivity contribution is 0.105. The number of benzene rings is 2. The predicted molar refractivity (Wildman–Crippen MR) is 99.7 cm³/mol. The van der Waals surface area contributed by atoms with Gasteiger partial charge < -0.3 is 19.9 Å². The van der Waals surface area contributed by atoms with Crippen LogP contribution in [0.1, 0.15) is 26.3 Å². The minimum atomic E-state index is -0.790. The van der Waals surface area contributed by atoms with Crippen LogP contribution in [-0.4, -0.2) is 34.5 Å². The van der Waals surface area contributed by atoms with Gasteiger partial charge in [-0.3, -0.25) is 0 Å². The quantitative estimate of drug-likeness (QED) is 0.662. The van der Waals surface area contributed by atoms with E-state index in [0.717, 1.165) is 16.8 Å². The van der Waals surface area contributed by atoms with E-state index < -0.39 is 6.10 Å². The van der Waals surface area contributed by atoms with Gasteiger partial charge in [0.25, 0.3) is 0 Å². The van der Waals surface area contributed by atoms with E-state index in [4.69, 9.17) is 9.52 Å². The van der Waals surface area contributed by atoms with E-state index >= 15 is 0 Å². The molecule has 3 N–H and O–H groups in total. The smallest absolute Gasteiger partial charge is 0.227 e. The van der Waals surface area contributed by atoms with Gasteiger partial charge in [-0.15, -0.1) is 0 Å². The van der Waals surface area contributed by atoms with Gasteiger partial charge in [-0.25, -0.2) is 4.98 Å². The summed E-state index contributed by atoms with van der Waals surface area (Å²) in [5.74, 6) is 0.586. The number of rotatable bonds is 5. The Morgan fingerprint density at radius 2 is 1.84 bits per heavy atom. The van der Waals surface area contributed by atoms with Crippen molar-refractivity contribution in [2.75, 3.05) is 18.5 Å². The van der Waals surface area contributed by atoms with Gasteiger partial charge in [-0.05, 0) is 35.2 Å². The largest absolute Gasteiger partial charge is 0.436 e. The maximum atomic E-state index is 9.42. The van der Waals surface area contributed by atoms with E-state index in [1.54, 1.807) is 0 Å². The second-order valence-electron chi connectivity index (χ2n) is 7.25. The summed E-state index contributed by atoms with van der Waals surface area (Å²) in [5, 5.41) is 21.3. The molecule has 25 heavy (non-hydrogen) atoms. The SMILES string of the molecule is CC(C)(C)c1ccc(-c2nc3ccc(NCC(O)CO)cc3o2)cc1. The van der Waals surface area contributed by atoms with Crippen molar-refractivity contribution in [3.05, 3.63) is 48.0 Å². The third kappa shape index (κ3) is 4.00. The van der Waals surface area contributed by atoms with Gasteiger partial charge in [-0.2, -0.15) is 0 Å². The number of nitrogens with zero attached hydrogens (tertiary/aromatic N) is 1. The van der Waals surface area contributed by atoms with Gasteiger partial charge in [0.2, 0.25) is 5.89 Å². The lowest BCUT2D eigenvalue weighted by atomic mass is 9.87. The van der Waals surface area contributed by atoms with Crippen molar-refractivity contribution in [1.29, 1.82) is 0 Å². The molecule has 0 aliphatic rings. The third-order valence-electron chi connectivity index (χ3n) is 4.14. The van der Waals surface area contributed by atoms with Gasteiger partial charge in [0.1, 0.15) is 5.52 Å². The standard InChI is InChI=1S/C20H24N2O3/c1-20(2,3)14-6-4-13(5-7-14)19-22-17-9-8-15(10-18(17)25-19)21-11-16(24)12-23/h4-10,16,21,23-24H,11-12H2,1-3H3. The lowest BCUT2D eigenvalue weighted by Crippen LogP contribution is -2.22. The molecule has 0 radical (unpaired) electrons. The number of aromatic nitrogens is 1.